The minimum atomic E-state index is -0.277. The van der Waals surface area contributed by atoms with Crippen LogP contribution < -0.4 is 0 Å². The van der Waals surface area contributed by atoms with Crippen LogP contribution in [0.3, 0.4) is 0 Å². The van der Waals surface area contributed by atoms with Crippen LogP contribution in [0.25, 0.3) is 0 Å². The first kappa shape index (κ1) is 8.13. The van der Waals surface area contributed by atoms with Gasteiger partial charge in [-0.3, -0.25) is 4.79 Å². The maximum atomic E-state index is 10.7. The van der Waals surface area contributed by atoms with E-state index < -0.39 is 0 Å². The molecule has 0 aliphatic rings. The summed E-state index contributed by atoms with van der Waals surface area (Å²) in [4.78, 5) is 10.7. The second-order valence-electron chi connectivity index (χ2n) is 1.97. The van der Waals surface area contributed by atoms with Crippen LogP contribution in [-0.2, 0) is 16.0 Å². The number of ether oxygens (including phenoxy) is 1. The van der Waals surface area contributed by atoms with E-state index in [9.17, 15) is 4.79 Å². The van der Waals surface area contributed by atoms with Gasteiger partial charge < -0.3 is 4.74 Å². The van der Waals surface area contributed by atoms with Crippen LogP contribution >= 0.6 is 11.3 Å². The van der Waals surface area contributed by atoms with Crippen LogP contribution in [0, 0.1) is 6.92 Å². The quantitative estimate of drug-likeness (QED) is 0.612. The van der Waals surface area contributed by atoms with E-state index >= 15 is 0 Å². The Balaban J connectivity index is 2.57. The van der Waals surface area contributed by atoms with Crippen molar-refractivity contribution in [1.82, 2.24) is 10.2 Å². The van der Waals surface area contributed by atoms with Gasteiger partial charge in [-0.2, -0.15) is 0 Å². The van der Waals surface area contributed by atoms with Crippen molar-refractivity contribution in [3.05, 3.63) is 10.0 Å². The van der Waals surface area contributed by atoms with Crippen LogP contribution in [0.1, 0.15) is 10.0 Å². The van der Waals surface area contributed by atoms with Gasteiger partial charge in [0, 0.05) is 0 Å². The molecule has 0 fully saturated rings. The Morgan fingerprint density at radius 3 is 2.82 bits per heavy atom. The lowest BCUT2D eigenvalue weighted by Crippen LogP contribution is -2.03. The highest BCUT2D eigenvalue weighted by molar-refractivity contribution is 7.11. The van der Waals surface area contributed by atoms with Crippen molar-refractivity contribution >= 4 is 17.3 Å². The molecule has 0 aromatic carbocycles. The minimum absolute atomic E-state index is 0.224. The fourth-order valence-electron chi connectivity index (χ4n) is 0.605. The molecule has 0 spiro atoms. The molecule has 1 aromatic rings. The molecule has 0 radical (unpaired) electrons. The Morgan fingerprint density at radius 1 is 1.64 bits per heavy atom. The predicted molar refractivity (Wildman–Crippen MR) is 40.4 cm³/mol. The fraction of sp³-hybridized carbons (Fsp3) is 0.500. The summed E-state index contributed by atoms with van der Waals surface area (Å²) in [5.41, 5.74) is 0. The number of aryl methyl sites for hydroxylation is 1. The molecule has 5 heteroatoms. The van der Waals surface area contributed by atoms with Gasteiger partial charge in [-0.1, -0.05) is 0 Å². The molecule has 0 N–H and O–H groups in total. The summed E-state index contributed by atoms with van der Waals surface area (Å²) in [7, 11) is 1.36. The maximum absolute atomic E-state index is 10.7. The van der Waals surface area contributed by atoms with Crippen molar-refractivity contribution in [2.75, 3.05) is 7.11 Å². The number of rotatable bonds is 2. The molecule has 0 aliphatic heterocycles. The normalized spacial score (nSPS) is 9.64. The highest BCUT2D eigenvalue weighted by Crippen LogP contribution is 2.08. The number of hydrogen-bond acceptors (Lipinski definition) is 5. The smallest absolute Gasteiger partial charge is 0.312 e. The first-order chi connectivity index (χ1) is 5.22. The van der Waals surface area contributed by atoms with Crippen LogP contribution in [0.2, 0.25) is 0 Å². The Kier molecular flexibility index (Phi) is 2.53. The van der Waals surface area contributed by atoms with Crippen LogP contribution in [0.5, 0.6) is 0 Å². The molecule has 0 bridgehead atoms. The van der Waals surface area contributed by atoms with Gasteiger partial charge in [-0.25, -0.2) is 0 Å². The van der Waals surface area contributed by atoms with Crippen molar-refractivity contribution in [3.8, 4) is 0 Å². The van der Waals surface area contributed by atoms with Gasteiger partial charge in [0.1, 0.15) is 10.0 Å². The Labute approximate surface area is 68.2 Å². The molecule has 11 heavy (non-hydrogen) atoms. The Hall–Kier alpha value is -0.970. The monoisotopic (exact) mass is 172 g/mol. The lowest BCUT2D eigenvalue weighted by atomic mass is 10.5. The van der Waals surface area contributed by atoms with Crippen molar-refractivity contribution in [2.24, 2.45) is 0 Å². The lowest BCUT2D eigenvalue weighted by molar-refractivity contribution is -0.139. The molecule has 0 unspecified atom stereocenters. The van der Waals surface area contributed by atoms with Crippen LogP contribution in [0.4, 0.5) is 0 Å². The van der Waals surface area contributed by atoms with Gasteiger partial charge >= 0.3 is 5.97 Å². The summed E-state index contributed by atoms with van der Waals surface area (Å²) in [6, 6.07) is 0. The predicted octanol–water partition coefficient (Wildman–Crippen LogP) is 0.562. The zero-order valence-electron chi connectivity index (χ0n) is 6.33. The topological polar surface area (TPSA) is 52.1 Å². The zero-order chi connectivity index (χ0) is 8.27. The van der Waals surface area contributed by atoms with Crippen LogP contribution in [0.15, 0.2) is 0 Å². The average molecular weight is 172 g/mol. The van der Waals surface area contributed by atoms with Gasteiger partial charge in [0.2, 0.25) is 0 Å². The maximum Gasteiger partial charge on any atom is 0.312 e. The summed E-state index contributed by atoms with van der Waals surface area (Å²) in [6.45, 7) is 1.85. The molecule has 0 aliphatic carbocycles. The van der Waals surface area contributed by atoms with E-state index in [1.165, 1.54) is 18.4 Å². The largest absolute Gasteiger partial charge is 0.469 e. The summed E-state index contributed by atoms with van der Waals surface area (Å²) in [5, 5.41) is 9.10. The van der Waals surface area contributed by atoms with E-state index in [2.05, 4.69) is 14.9 Å². The van der Waals surface area contributed by atoms with Gasteiger partial charge in [0.15, 0.2) is 0 Å². The fourth-order valence-corrected chi connectivity index (χ4v) is 1.30. The molecule has 0 atom stereocenters. The lowest BCUT2D eigenvalue weighted by Gasteiger charge is -1.91. The molecule has 0 saturated carbocycles. The van der Waals surface area contributed by atoms with E-state index in [4.69, 9.17) is 0 Å². The van der Waals surface area contributed by atoms with Crippen molar-refractivity contribution < 1.29 is 9.53 Å². The Bertz CT molecular complexity index is 259. The van der Waals surface area contributed by atoms with Gasteiger partial charge in [-0.05, 0) is 6.92 Å². The number of methoxy groups -OCH3 is 1. The molecule has 1 heterocycles. The van der Waals surface area contributed by atoms with Crippen LogP contribution in [-0.4, -0.2) is 23.3 Å². The highest BCUT2D eigenvalue weighted by Gasteiger charge is 2.06. The molecule has 0 saturated heterocycles. The molecular weight excluding hydrogens is 164 g/mol. The summed E-state index contributed by atoms with van der Waals surface area (Å²) in [6.07, 6.45) is 0.224. The third-order valence-electron chi connectivity index (χ3n) is 1.09. The second kappa shape index (κ2) is 3.43. The average Bonchev–Trinajstić information content (AvgIpc) is 2.35. The molecule has 4 nitrogen and oxygen atoms in total. The minimum Gasteiger partial charge on any atom is -0.469 e. The van der Waals surface area contributed by atoms with E-state index in [0.29, 0.717) is 5.01 Å². The number of esters is 1. The third kappa shape index (κ3) is 2.27. The SMILES string of the molecule is COC(=O)Cc1nnc(C)s1. The summed E-state index contributed by atoms with van der Waals surface area (Å²) < 4.78 is 4.46. The molecular formula is C6H8N2O2S. The zero-order valence-corrected chi connectivity index (χ0v) is 7.14. The standard InChI is InChI=1S/C6H8N2O2S/c1-4-7-8-5(11-4)3-6(9)10-2/h3H2,1-2H3. The number of carbonyl (C=O) groups excluding carboxylic acids is 1. The molecule has 1 aromatic heterocycles. The van der Waals surface area contributed by atoms with Crippen molar-refractivity contribution in [1.29, 1.82) is 0 Å². The summed E-state index contributed by atoms with van der Waals surface area (Å²) in [5.74, 6) is -0.277. The van der Waals surface area contributed by atoms with E-state index in [1.807, 2.05) is 6.92 Å². The number of nitrogens with zero attached hydrogens (tertiary/aromatic N) is 2. The van der Waals surface area contributed by atoms with Gasteiger partial charge in [0.25, 0.3) is 0 Å². The third-order valence-corrected chi connectivity index (χ3v) is 1.93. The molecule has 60 valence electrons. The number of carbonyl (C=O) groups is 1. The van der Waals surface area contributed by atoms with Gasteiger partial charge in [-0.15, -0.1) is 21.5 Å². The van der Waals surface area contributed by atoms with E-state index in [1.54, 1.807) is 0 Å². The summed E-state index contributed by atoms with van der Waals surface area (Å²) >= 11 is 1.41. The Morgan fingerprint density at radius 2 is 2.36 bits per heavy atom. The number of aromatic nitrogens is 2. The van der Waals surface area contributed by atoms with Crippen molar-refractivity contribution in [3.63, 3.8) is 0 Å². The van der Waals surface area contributed by atoms with E-state index in [-0.39, 0.29) is 12.4 Å². The first-order valence-corrected chi connectivity index (χ1v) is 3.90. The first-order valence-electron chi connectivity index (χ1n) is 3.08. The van der Waals surface area contributed by atoms with Gasteiger partial charge in [0.05, 0.1) is 13.5 Å². The molecule has 0 amide bonds. The highest BCUT2D eigenvalue weighted by atomic mass is 32.1. The number of hydrogen-bond donors (Lipinski definition) is 0. The molecule has 1 rings (SSSR count). The van der Waals surface area contributed by atoms with Crippen molar-refractivity contribution in [2.45, 2.75) is 13.3 Å². The second-order valence-corrected chi connectivity index (χ2v) is 3.23. The van der Waals surface area contributed by atoms with E-state index in [0.717, 1.165) is 5.01 Å².